The molecule has 1 N–H and O–H groups in total. The van der Waals surface area contributed by atoms with Crippen molar-refractivity contribution in [3.05, 3.63) is 29.3 Å². The van der Waals surface area contributed by atoms with E-state index < -0.39 is 18.3 Å². The summed E-state index contributed by atoms with van der Waals surface area (Å²) in [4.78, 5) is 1.93. The number of hydrogen-bond donors (Lipinski definition) is 1. The number of ether oxygens (including phenoxy) is 1. The molecule has 1 saturated heterocycles. The molecule has 1 aliphatic rings. The van der Waals surface area contributed by atoms with Gasteiger partial charge in [-0.1, -0.05) is 0 Å². The summed E-state index contributed by atoms with van der Waals surface area (Å²) in [5.74, 6) is 0. The van der Waals surface area contributed by atoms with Crippen molar-refractivity contribution < 1.29 is 23.0 Å². The monoisotopic (exact) mass is 261 g/mol. The first-order valence-corrected chi connectivity index (χ1v) is 5.66. The van der Waals surface area contributed by atoms with E-state index in [-0.39, 0.29) is 0 Å². The molecule has 3 nitrogen and oxygen atoms in total. The van der Waals surface area contributed by atoms with Gasteiger partial charge in [0.25, 0.3) is 0 Å². The predicted molar refractivity (Wildman–Crippen MR) is 60.4 cm³/mol. The zero-order valence-electron chi connectivity index (χ0n) is 9.70. The minimum Gasteiger partial charge on any atom is -0.392 e. The summed E-state index contributed by atoms with van der Waals surface area (Å²) in [6, 6.07) is 3.47. The van der Waals surface area contributed by atoms with Crippen LogP contribution in [0.3, 0.4) is 0 Å². The van der Waals surface area contributed by atoms with Gasteiger partial charge in [0.1, 0.15) is 0 Å². The van der Waals surface area contributed by atoms with Gasteiger partial charge in [-0.3, -0.25) is 0 Å². The third-order valence-corrected chi connectivity index (χ3v) is 2.93. The van der Waals surface area contributed by atoms with Gasteiger partial charge in [-0.15, -0.1) is 0 Å². The maximum atomic E-state index is 12.6. The summed E-state index contributed by atoms with van der Waals surface area (Å²) in [6.07, 6.45) is -4.38. The van der Waals surface area contributed by atoms with Gasteiger partial charge in [0.15, 0.2) is 0 Å². The van der Waals surface area contributed by atoms with Crippen LogP contribution in [0.2, 0.25) is 0 Å². The van der Waals surface area contributed by atoms with E-state index >= 15 is 0 Å². The lowest BCUT2D eigenvalue weighted by molar-refractivity contribution is -0.137. The Morgan fingerprint density at radius 3 is 2.44 bits per heavy atom. The molecule has 18 heavy (non-hydrogen) atoms. The van der Waals surface area contributed by atoms with Crippen molar-refractivity contribution in [1.82, 2.24) is 0 Å². The van der Waals surface area contributed by atoms with E-state index in [0.717, 1.165) is 12.1 Å². The molecule has 0 saturated carbocycles. The summed E-state index contributed by atoms with van der Waals surface area (Å²) in [7, 11) is 0. The van der Waals surface area contributed by atoms with Crippen LogP contribution in [-0.4, -0.2) is 31.4 Å². The largest absolute Gasteiger partial charge is 0.416 e. The first-order valence-electron chi connectivity index (χ1n) is 5.66. The van der Waals surface area contributed by atoms with Crippen LogP contribution >= 0.6 is 0 Å². The number of aliphatic hydroxyl groups excluding tert-OH is 1. The fraction of sp³-hybridized carbons (Fsp3) is 0.500. The number of halogens is 3. The highest BCUT2D eigenvalue weighted by atomic mass is 19.4. The Morgan fingerprint density at radius 2 is 1.89 bits per heavy atom. The summed E-state index contributed by atoms with van der Waals surface area (Å²) in [5.41, 5.74) is 0.212. The summed E-state index contributed by atoms with van der Waals surface area (Å²) < 4.78 is 42.9. The Morgan fingerprint density at radius 1 is 1.22 bits per heavy atom. The maximum absolute atomic E-state index is 12.6. The molecule has 0 radical (unpaired) electrons. The molecule has 0 aliphatic carbocycles. The molecule has 1 heterocycles. The molecular formula is C12H14F3NO2. The summed E-state index contributed by atoms with van der Waals surface area (Å²) in [6.45, 7) is 1.94. The molecule has 0 spiro atoms. The Bertz CT molecular complexity index is 414. The zero-order chi connectivity index (χ0) is 13.2. The first-order chi connectivity index (χ1) is 8.52. The molecule has 0 aromatic heterocycles. The van der Waals surface area contributed by atoms with E-state index in [1.165, 1.54) is 6.07 Å². The van der Waals surface area contributed by atoms with Crippen LogP contribution < -0.4 is 4.90 Å². The lowest BCUT2D eigenvalue weighted by Crippen LogP contribution is -2.36. The minimum absolute atomic E-state index is 0.298. The molecule has 6 heteroatoms. The van der Waals surface area contributed by atoms with Crippen molar-refractivity contribution in [2.45, 2.75) is 12.8 Å². The molecule has 1 fully saturated rings. The smallest absolute Gasteiger partial charge is 0.392 e. The number of nitrogens with zero attached hydrogens (tertiary/aromatic N) is 1. The second-order valence-corrected chi connectivity index (χ2v) is 4.10. The topological polar surface area (TPSA) is 32.7 Å². The van der Waals surface area contributed by atoms with E-state index in [0.29, 0.717) is 37.6 Å². The van der Waals surface area contributed by atoms with Crippen LogP contribution in [0.5, 0.6) is 0 Å². The molecule has 2 rings (SSSR count). The van der Waals surface area contributed by atoms with Gasteiger partial charge in [0.2, 0.25) is 0 Å². The van der Waals surface area contributed by atoms with E-state index in [2.05, 4.69) is 0 Å². The van der Waals surface area contributed by atoms with E-state index in [4.69, 9.17) is 4.74 Å². The molecule has 1 aromatic rings. The van der Waals surface area contributed by atoms with Crippen LogP contribution in [0.25, 0.3) is 0 Å². The third-order valence-electron chi connectivity index (χ3n) is 2.93. The molecule has 0 atom stereocenters. The Balaban J connectivity index is 2.30. The molecule has 0 amide bonds. The summed E-state index contributed by atoms with van der Waals surface area (Å²) >= 11 is 0. The highest BCUT2D eigenvalue weighted by Gasteiger charge is 2.31. The standard InChI is InChI=1S/C12H14F3NO2/c13-12(14,15)10-1-2-11(9(7-10)8-17)16-3-5-18-6-4-16/h1-2,7,17H,3-6,8H2. The zero-order valence-corrected chi connectivity index (χ0v) is 9.70. The summed E-state index contributed by atoms with van der Waals surface area (Å²) in [5, 5.41) is 9.21. The van der Waals surface area contributed by atoms with Crippen LogP contribution in [0, 0.1) is 0 Å². The quantitative estimate of drug-likeness (QED) is 0.884. The van der Waals surface area contributed by atoms with Crippen molar-refractivity contribution in [3.8, 4) is 0 Å². The van der Waals surface area contributed by atoms with Gasteiger partial charge >= 0.3 is 6.18 Å². The lowest BCUT2D eigenvalue weighted by atomic mass is 10.1. The van der Waals surface area contributed by atoms with Gasteiger partial charge in [0, 0.05) is 24.3 Å². The number of benzene rings is 1. The Kier molecular flexibility index (Phi) is 3.77. The fourth-order valence-corrected chi connectivity index (χ4v) is 2.00. The molecule has 1 aliphatic heterocycles. The SMILES string of the molecule is OCc1cc(C(F)(F)F)ccc1N1CCOCC1. The number of anilines is 1. The fourth-order valence-electron chi connectivity index (χ4n) is 2.00. The molecular weight excluding hydrogens is 247 g/mol. The van der Waals surface area contributed by atoms with E-state index in [1.807, 2.05) is 4.90 Å². The van der Waals surface area contributed by atoms with Crippen molar-refractivity contribution in [2.75, 3.05) is 31.2 Å². The lowest BCUT2D eigenvalue weighted by Gasteiger charge is -2.30. The van der Waals surface area contributed by atoms with Crippen LogP contribution in [0.15, 0.2) is 18.2 Å². The van der Waals surface area contributed by atoms with Crippen molar-refractivity contribution in [1.29, 1.82) is 0 Å². The van der Waals surface area contributed by atoms with Crippen molar-refractivity contribution >= 4 is 5.69 Å². The van der Waals surface area contributed by atoms with Gasteiger partial charge in [-0.2, -0.15) is 13.2 Å². The molecule has 1 aromatic carbocycles. The average Bonchev–Trinajstić information content (AvgIpc) is 2.38. The molecule has 0 bridgehead atoms. The van der Waals surface area contributed by atoms with E-state index in [1.54, 1.807) is 0 Å². The van der Waals surface area contributed by atoms with Crippen molar-refractivity contribution in [2.24, 2.45) is 0 Å². The van der Waals surface area contributed by atoms with Crippen LogP contribution in [0.4, 0.5) is 18.9 Å². The Labute approximate surface area is 103 Å². The van der Waals surface area contributed by atoms with E-state index in [9.17, 15) is 18.3 Å². The second kappa shape index (κ2) is 5.16. The maximum Gasteiger partial charge on any atom is 0.416 e. The highest BCUT2D eigenvalue weighted by molar-refractivity contribution is 5.55. The third kappa shape index (κ3) is 2.76. The second-order valence-electron chi connectivity index (χ2n) is 4.10. The number of hydrogen-bond acceptors (Lipinski definition) is 3. The number of aliphatic hydroxyl groups is 1. The Hall–Kier alpha value is -1.27. The normalized spacial score (nSPS) is 17.0. The number of morpholine rings is 1. The van der Waals surface area contributed by atoms with Crippen molar-refractivity contribution in [3.63, 3.8) is 0 Å². The highest BCUT2D eigenvalue weighted by Crippen LogP contribution is 2.33. The predicted octanol–water partition coefficient (Wildman–Crippen LogP) is 2.03. The first kappa shape index (κ1) is 13.2. The van der Waals surface area contributed by atoms with Crippen LogP contribution in [-0.2, 0) is 17.5 Å². The average molecular weight is 261 g/mol. The van der Waals surface area contributed by atoms with Gasteiger partial charge in [0.05, 0.1) is 25.4 Å². The van der Waals surface area contributed by atoms with Gasteiger partial charge in [-0.25, -0.2) is 0 Å². The molecule has 100 valence electrons. The number of alkyl halides is 3. The van der Waals surface area contributed by atoms with Gasteiger partial charge in [-0.05, 0) is 18.2 Å². The van der Waals surface area contributed by atoms with Gasteiger partial charge < -0.3 is 14.7 Å². The number of rotatable bonds is 2. The van der Waals surface area contributed by atoms with Crippen LogP contribution in [0.1, 0.15) is 11.1 Å². The minimum atomic E-state index is -4.38. The molecule has 0 unspecified atom stereocenters.